The number of imidazole rings is 1. The monoisotopic (exact) mass is 1000 g/mol. The van der Waals surface area contributed by atoms with Gasteiger partial charge in [-0.3, -0.25) is 4.90 Å². The normalized spacial score (nSPS) is 12.8. The van der Waals surface area contributed by atoms with E-state index >= 15 is 0 Å². The highest BCUT2D eigenvalue weighted by Gasteiger charge is 2.21. The quantitative estimate of drug-likeness (QED) is 0.0475. The molecule has 0 radical (unpaired) electrons. The van der Waals surface area contributed by atoms with Crippen molar-refractivity contribution < 1.29 is 4.57 Å². The Kier molecular flexibility index (Phi) is 46.4. The summed E-state index contributed by atoms with van der Waals surface area (Å²) >= 11 is 0. The number of benzene rings is 1. The van der Waals surface area contributed by atoms with E-state index in [-0.39, 0.29) is 0 Å². The third kappa shape index (κ3) is 40.7. The van der Waals surface area contributed by atoms with Crippen molar-refractivity contribution in [2.24, 2.45) is 17.8 Å². The predicted octanol–water partition coefficient (Wildman–Crippen LogP) is 22.6. The summed E-state index contributed by atoms with van der Waals surface area (Å²) in [4.78, 5) is 2.94. The minimum absolute atomic E-state index is 0.677. The summed E-state index contributed by atoms with van der Waals surface area (Å²) in [5.41, 5.74) is 1.49. The molecule has 0 amide bonds. The number of hydrogen-bond acceptors (Lipinski definition) is 1. The summed E-state index contributed by atoms with van der Waals surface area (Å²) in [5, 5.41) is 0. The molecule has 0 saturated heterocycles. The predicted molar refractivity (Wildman–Crippen MR) is 322 cm³/mol. The molecule has 1 aromatic carbocycles. The Bertz CT molecular complexity index is 1310. The second-order valence-corrected chi connectivity index (χ2v) is 24.5. The van der Waals surface area contributed by atoms with Crippen LogP contribution in [0.1, 0.15) is 342 Å². The van der Waals surface area contributed by atoms with Crippen molar-refractivity contribution in [2.75, 3.05) is 6.54 Å². The summed E-state index contributed by atoms with van der Waals surface area (Å²) < 4.78 is 4.84. The Morgan fingerprint density at radius 3 is 1.31 bits per heavy atom. The van der Waals surface area contributed by atoms with Crippen LogP contribution in [0.5, 0.6) is 0 Å². The zero-order chi connectivity index (χ0) is 51.6. The smallest absolute Gasteiger partial charge is 0.243 e. The van der Waals surface area contributed by atoms with E-state index in [1.54, 1.807) is 0 Å². The molecule has 0 aliphatic heterocycles. The highest BCUT2D eigenvalue weighted by atomic mass is 15.2. The standard InChI is InChI=1S/C69H130N3/c1-7-10-13-15-17-19-21-23-25-27-29-31-33-35-37-40-50-67(51-41-38-36-34-32-30-28-26-24-22-20-18-16-14-11-8-2)52-44-45-55-69(57-56-66(6)49-46-48-65(4)5)72(63-68-53-42-39-43-54-68)60-47-59-71-62-61-70(64-71)58-12-9-3/h39,42-43,53-54,61-62,64-67,69H,7-38,40-41,44-52,55-60,63H2,1-6H3/q+1. The van der Waals surface area contributed by atoms with Gasteiger partial charge in [0.05, 0.1) is 13.1 Å². The molecule has 0 saturated carbocycles. The molecule has 3 nitrogen and oxygen atoms in total. The van der Waals surface area contributed by atoms with E-state index in [9.17, 15) is 0 Å². The zero-order valence-corrected chi connectivity index (χ0v) is 50.1. The molecule has 0 bridgehead atoms. The molecule has 2 aromatic rings. The van der Waals surface area contributed by atoms with Gasteiger partial charge in [-0.15, -0.1) is 0 Å². The molecule has 0 aliphatic carbocycles. The first-order valence-corrected chi connectivity index (χ1v) is 33.3. The fraction of sp³-hybridized carbons (Fsp3) is 0.870. The lowest BCUT2D eigenvalue weighted by molar-refractivity contribution is -0.696. The minimum Gasteiger partial charge on any atom is -0.296 e. The Hall–Kier alpha value is -1.61. The number of unbranched alkanes of at least 4 members (excludes halogenated alkanes) is 32. The maximum atomic E-state index is 2.94. The largest absolute Gasteiger partial charge is 0.296 e. The summed E-state index contributed by atoms with van der Waals surface area (Å²) in [7, 11) is 0. The molecule has 1 heterocycles. The molecule has 0 N–H and O–H groups in total. The van der Waals surface area contributed by atoms with Gasteiger partial charge in [-0.2, -0.15) is 0 Å². The number of hydrogen-bond donors (Lipinski definition) is 0. The van der Waals surface area contributed by atoms with Crippen LogP contribution < -0.4 is 4.57 Å². The maximum absolute atomic E-state index is 2.94. The third-order valence-electron chi connectivity index (χ3n) is 16.9. The molecule has 2 rings (SSSR count). The lowest BCUT2D eigenvalue weighted by Gasteiger charge is -2.33. The van der Waals surface area contributed by atoms with Crippen molar-refractivity contribution in [3.63, 3.8) is 0 Å². The Morgan fingerprint density at radius 2 is 0.847 bits per heavy atom. The van der Waals surface area contributed by atoms with Gasteiger partial charge in [0.2, 0.25) is 6.33 Å². The van der Waals surface area contributed by atoms with Gasteiger partial charge in [-0.05, 0) is 55.4 Å². The molecule has 3 heteroatoms. The van der Waals surface area contributed by atoms with Crippen LogP contribution in [0.25, 0.3) is 0 Å². The lowest BCUT2D eigenvalue weighted by Crippen LogP contribution is -2.39. The first-order chi connectivity index (χ1) is 35.4. The first-order valence-electron chi connectivity index (χ1n) is 33.3. The Morgan fingerprint density at radius 1 is 0.417 bits per heavy atom. The van der Waals surface area contributed by atoms with Crippen LogP contribution in [0.4, 0.5) is 0 Å². The average molecular weight is 1000 g/mol. The highest BCUT2D eigenvalue weighted by molar-refractivity contribution is 5.14. The molecular formula is C69H130N3+. The van der Waals surface area contributed by atoms with E-state index in [0.717, 1.165) is 37.4 Å². The second-order valence-electron chi connectivity index (χ2n) is 24.5. The number of nitrogens with zero attached hydrogens (tertiary/aromatic N) is 3. The summed E-state index contributed by atoms with van der Waals surface area (Å²) in [6.07, 6.45) is 73.2. The Labute approximate surface area is 453 Å². The van der Waals surface area contributed by atoms with Crippen molar-refractivity contribution >= 4 is 0 Å². The summed E-state index contributed by atoms with van der Waals surface area (Å²) in [6.45, 7) is 18.8. The highest BCUT2D eigenvalue weighted by Crippen LogP contribution is 2.28. The van der Waals surface area contributed by atoms with E-state index in [1.807, 2.05) is 0 Å². The number of aromatic nitrogens is 2. The fourth-order valence-corrected chi connectivity index (χ4v) is 11.9. The van der Waals surface area contributed by atoms with Crippen LogP contribution in [-0.2, 0) is 19.6 Å². The van der Waals surface area contributed by atoms with Gasteiger partial charge in [0, 0.05) is 19.1 Å². The van der Waals surface area contributed by atoms with Gasteiger partial charge in [-0.25, -0.2) is 9.13 Å². The van der Waals surface area contributed by atoms with Crippen LogP contribution >= 0.6 is 0 Å². The molecular weight excluding hydrogens is 871 g/mol. The maximum Gasteiger partial charge on any atom is 0.243 e. The van der Waals surface area contributed by atoms with Gasteiger partial charge < -0.3 is 0 Å². The lowest BCUT2D eigenvalue weighted by atomic mass is 9.88. The van der Waals surface area contributed by atoms with Crippen molar-refractivity contribution in [3.8, 4) is 0 Å². The van der Waals surface area contributed by atoms with Crippen LogP contribution in [0.15, 0.2) is 49.1 Å². The first kappa shape index (κ1) is 66.5. The van der Waals surface area contributed by atoms with Crippen molar-refractivity contribution in [2.45, 2.75) is 363 Å². The SMILES string of the molecule is CCCCCCCCCCCCCCCCCCC(CCCCCCCCCCCCCCCCCC)CCCCC(CCC(C)CCCC(C)C)N(CCC[n+]1ccn(CCCC)c1)Cc1ccccc1. The third-order valence-corrected chi connectivity index (χ3v) is 16.9. The van der Waals surface area contributed by atoms with E-state index in [4.69, 9.17) is 0 Å². The number of aryl methyl sites for hydroxylation is 2. The van der Waals surface area contributed by atoms with Gasteiger partial charge in [0.1, 0.15) is 12.4 Å². The van der Waals surface area contributed by atoms with Crippen LogP contribution in [0.3, 0.4) is 0 Å². The van der Waals surface area contributed by atoms with Gasteiger partial charge in [-0.1, -0.05) is 335 Å². The van der Waals surface area contributed by atoms with Crippen LogP contribution in [0, 0.1) is 17.8 Å². The van der Waals surface area contributed by atoms with Crippen molar-refractivity contribution in [3.05, 3.63) is 54.6 Å². The Balaban J connectivity index is 1.91. The van der Waals surface area contributed by atoms with Gasteiger partial charge in [0.25, 0.3) is 0 Å². The molecule has 0 aliphatic rings. The second kappa shape index (κ2) is 50.2. The molecule has 0 spiro atoms. The van der Waals surface area contributed by atoms with E-state index < -0.39 is 0 Å². The van der Waals surface area contributed by atoms with Crippen molar-refractivity contribution in [1.82, 2.24) is 9.47 Å². The zero-order valence-electron chi connectivity index (χ0n) is 50.1. The molecule has 72 heavy (non-hydrogen) atoms. The molecule has 0 fully saturated rings. The minimum atomic E-state index is 0.677. The van der Waals surface area contributed by atoms with Crippen LogP contribution in [0.2, 0.25) is 0 Å². The summed E-state index contributed by atoms with van der Waals surface area (Å²) in [6, 6.07) is 12.1. The van der Waals surface area contributed by atoms with E-state index in [2.05, 4.69) is 105 Å². The van der Waals surface area contributed by atoms with Crippen molar-refractivity contribution in [1.29, 1.82) is 0 Å². The summed E-state index contributed by atoms with van der Waals surface area (Å²) in [5.74, 6) is 2.60. The fourth-order valence-electron chi connectivity index (χ4n) is 11.9. The molecule has 2 unspecified atom stereocenters. The van der Waals surface area contributed by atoms with Gasteiger partial charge >= 0.3 is 0 Å². The topological polar surface area (TPSA) is 12.1 Å². The van der Waals surface area contributed by atoms with Crippen LogP contribution in [-0.4, -0.2) is 22.1 Å². The number of rotatable bonds is 56. The van der Waals surface area contributed by atoms with E-state index in [1.165, 1.54) is 307 Å². The molecule has 2 atom stereocenters. The average Bonchev–Trinajstić information content (AvgIpc) is 3.84. The van der Waals surface area contributed by atoms with Gasteiger partial charge in [0.15, 0.2) is 0 Å². The molecule has 1 aromatic heterocycles. The van der Waals surface area contributed by atoms with E-state index in [0.29, 0.717) is 6.04 Å². The molecule has 420 valence electrons.